The van der Waals surface area contributed by atoms with Crippen molar-refractivity contribution in [1.29, 1.82) is 0 Å². The second-order valence-electron chi connectivity index (χ2n) is 5.95. The lowest BCUT2D eigenvalue weighted by Crippen LogP contribution is -2.30. The Kier molecular flexibility index (Phi) is 4.30. The number of nitrogens with one attached hydrogen (secondary N) is 3. The van der Waals surface area contributed by atoms with Gasteiger partial charge in [0.1, 0.15) is 0 Å². The third-order valence-corrected chi connectivity index (χ3v) is 4.30. The minimum atomic E-state index is -0.414. The van der Waals surface area contributed by atoms with Crippen LogP contribution in [0.1, 0.15) is 45.8 Å². The largest absolute Gasteiger partial charge is 0.344 e. The first-order valence-electron chi connectivity index (χ1n) is 7.80. The summed E-state index contributed by atoms with van der Waals surface area (Å²) >= 11 is 0. The number of carbonyl (C=O) groups excluding carboxylic acids is 1. The zero-order valence-corrected chi connectivity index (χ0v) is 13.5. The van der Waals surface area contributed by atoms with Crippen molar-refractivity contribution in [3.8, 4) is 0 Å². The molecule has 8 heteroatoms. The fourth-order valence-electron chi connectivity index (χ4n) is 2.85. The predicted molar refractivity (Wildman–Crippen MR) is 87.7 cm³/mol. The molecule has 0 spiro atoms. The van der Waals surface area contributed by atoms with Crippen molar-refractivity contribution in [2.45, 2.75) is 32.9 Å². The van der Waals surface area contributed by atoms with Crippen molar-refractivity contribution in [2.75, 3.05) is 6.54 Å². The van der Waals surface area contributed by atoms with Gasteiger partial charge in [0.05, 0.1) is 11.0 Å². The van der Waals surface area contributed by atoms with Crippen LogP contribution in [0, 0.1) is 17.0 Å². The first kappa shape index (κ1) is 16.1. The van der Waals surface area contributed by atoms with Crippen LogP contribution in [-0.2, 0) is 13.0 Å². The number of rotatable bonds is 4. The van der Waals surface area contributed by atoms with Crippen LogP contribution in [0.4, 0.5) is 5.69 Å². The van der Waals surface area contributed by atoms with Crippen LogP contribution in [-0.4, -0.2) is 27.6 Å². The van der Waals surface area contributed by atoms with Crippen LogP contribution in [0.2, 0.25) is 0 Å². The lowest BCUT2D eigenvalue weighted by atomic mass is 10.0. The van der Waals surface area contributed by atoms with E-state index >= 15 is 0 Å². The first-order chi connectivity index (χ1) is 11.5. The molecule has 2 heterocycles. The van der Waals surface area contributed by atoms with Crippen molar-refractivity contribution in [3.05, 3.63) is 56.4 Å². The second kappa shape index (κ2) is 6.40. The van der Waals surface area contributed by atoms with E-state index in [1.54, 1.807) is 26.0 Å². The van der Waals surface area contributed by atoms with Crippen LogP contribution in [0.25, 0.3) is 0 Å². The summed E-state index contributed by atoms with van der Waals surface area (Å²) in [5.41, 5.74) is 3.58. The smallest absolute Gasteiger partial charge is 0.272 e. The molecule has 0 saturated heterocycles. The average molecular weight is 329 g/mol. The second-order valence-corrected chi connectivity index (χ2v) is 5.95. The molecule has 0 aliphatic carbocycles. The Bertz CT molecular complexity index is 799. The van der Waals surface area contributed by atoms with Crippen LogP contribution in [0.15, 0.2) is 18.2 Å². The number of benzene rings is 1. The minimum Gasteiger partial charge on any atom is -0.344 e. The number of aromatic nitrogens is 2. The van der Waals surface area contributed by atoms with E-state index in [1.165, 1.54) is 6.07 Å². The summed E-state index contributed by atoms with van der Waals surface area (Å²) < 4.78 is 0. The number of nitrogens with zero attached hydrogens (tertiary/aromatic N) is 2. The highest BCUT2D eigenvalue weighted by Crippen LogP contribution is 2.24. The highest BCUT2D eigenvalue weighted by Gasteiger charge is 2.23. The quantitative estimate of drug-likeness (QED) is 0.584. The Morgan fingerprint density at radius 3 is 3.00 bits per heavy atom. The fourth-order valence-corrected chi connectivity index (χ4v) is 2.85. The Balaban J connectivity index is 1.78. The van der Waals surface area contributed by atoms with Crippen molar-refractivity contribution in [2.24, 2.45) is 0 Å². The number of nitro groups is 1. The highest BCUT2D eigenvalue weighted by molar-refractivity contribution is 5.94. The molecule has 2 aromatic rings. The van der Waals surface area contributed by atoms with Gasteiger partial charge in [-0.05, 0) is 19.4 Å². The van der Waals surface area contributed by atoms with Gasteiger partial charge in [0.15, 0.2) is 5.69 Å². The van der Waals surface area contributed by atoms with Crippen LogP contribution in [0.3, 0.4) is 0 Å². The van der Waals surface area contributed by atoms with E-state index in [9.17, 15) is 14.9 Å². The number of hydrogen-bond acceptors (Lipinski definition) is 5. The van der Waals surface area contributed by atoms with Crippen molar-refractivity contribution in [1.82, 2.24) is 20.8 Å². The Hall–Kier alpha value is -2.74. The number of carbonyl (C=O) groups is 1. The predicted octanol–water partition coefficient (Wildman–Crippen LogP) is 1.76. The molecule has 126 valence electrons. The maximum absolute atomic E-state index is 12.5. The van der Waals surface area contributed by atoms with Gasteiger partial charge in [-0.3, -0.25) is 20.0 Å². The van der Waals surface area contributed by atoms with Crippen LogP contribution < -0.4 is 10.6 Å². The lowest BCUT2D eigenvalue weighted by Gasteiger charge is -2.16. The van der Waals surface area contributed by atoms with Gasteiger partial charge < -0.3 is 10.6 Å². The van der Waals surface area contributed by atoms with E-state index in [4.69, 9.17) is 0 Å². The van der Waals surface area contributed by atoms with Gasteiger partial charge in [-0.1, -0.05) is 12.1 Å². The first-order valence-corrected chi connectivity index (χ1v) is 7.80. The van der Waals surface area contributed by atoms with Crippen molar-refractivity contribution < 1.29 is 9.72 Å². The molecule has 0 saturated carbocycles. The number of aryl methyl sites for hydroxylation is 1. The Morgan fingerprint density at radius 1 is 1.46 bits per heavy atom. The number of hydrogen-bond donors (Lipinski definition) is 3. The standard InChI is InChI=1S/C16H19N5O3/c1-9-3-4-11(7-14(9)21(23)24)10(2)18-16(22)15-12-8-17-6-5-13(12)19-20-15/h3-4,7,10,17H,5-6,8H2,1-2H3,(H,18,22)(H,19,20). The molecule has 24 heavy (non-hydrogen) atoms. The van der Waals surface area contributed by atoms with Gasteiger partial charge in [-0.25, -0.2) is 0 Å². The molecule has 1 aliphatic rings. The van der Waals surface area contributed by atoms with E-state index < -0.39 is 4.92 Å². The lowest BCUT2D eigenvalue weighted by molar-refractivity contribution is -0.385. The normalized spacial score (nSPS) is 14.8. The maximum Gasteiger partial charge on any atom is 0.272 e. The zero-order chi connectivity index (χ0) is 17.3. The number of fused-ring (bicyclic) bond motifs is 1. The SMILES string of the molecule is Cc1ccc(C(C)NC(=O)c2n[nH]c3c2CNCC3)cc1[N+](=O)[O-]. The number of H-pyrrole nitrogens is 1. The molecule has 3 rings (SSSR count). The third-order valence-electron chi connectivity index (χ3n) is 4.30. The molecular weight excluding hydrogens is 310 g/mol. The molecule has 3 N–H and O–H groups in total. The summed E-state index contributed by atoms with van der Waals surface area (Å²) in [7, 11) is 0. The number of amides is 1. The highest BCUT2D eigenvalue weighted by atomic mass is 16.6. The van der Waals surface area contributed by atoms with Gasteiger partial charge in [-0.2, -0.15) is 5.10 Å². The van der Waals surface area contributed by atoms with E-state index in [2.05, 4.69) is 20.8 Å². The molecule has 1 atom stereocenters. The number of aromatic amines is 1. The van der Waals surface area contributed by atoms with E-state index in [0.29, 0.717) is 23.4 Å². The zero-order valence-electron chi connectivity index (χ0n) is 13.5. The summed E-state index contributed by atoms with van der Waals surface area (Å²) in [6.45, 7) is 4.95. The van der Waals surface area contributed by atoms with E-state index in [-0.39, 0.29) is 17.6 Å². The molecule has 1 aromatic heterocycles. The summed E-state index contributed by atoms with van der Waals surface area (Å²) in [6, 6.07) is 4.62. The minimum absolute atomic E-state index is 0.0509. The summed E-state index contributed by atoms with van der Waals surface area (Å²) in [5.74, 6) is -0.285. The van der Waals surface area contributed by atoms with E-state index in [0.717, 1.165) is 24.2 Å². The molecule has 1 unspecified atom stereocenters. The van der Waals surface area contributed by atoms with Gasteiger partial charge in [-0.15, -0.1) is 0 Å². The van der Waals surface area contributed by atoms with Gasteiger partial charge in [0, 0.05) is 42.4 Å². The Labute approximate surface area is 138 Å². The van der Waals surface area contributed by atoms with Gasteiger partial charge in [0.25, 0.3) is 11.6 Å². The molecule has 1 aromatic carbocycles. The summed E-state index contributed by atoms with van der Waals surface area (Å²) in [6.07, 6.45) is 0.815. The van der Waals surface area contributed by atoms with Crippen LogP contribution >= 0.6 is 0 Å². The number of nitro benzene ring substituents is 1. The fraction of sp³-hybridized carbons (Fsp3) is 0.375. The monoisotopic (exact) mass is 329 g/mol. The summed E-state index contributed by atoms with van der Waals surface area (Å²) in [4.78, 5) is 23.1. The van der Waals surface area contributed by atoms with Gasteiger partial charge >= 0.3 is 0 Å². The molecule has 1 amide bonds. The molecular formula is C16H19N5O3. The Morgan fingerprint density at radius 2 is 2.25 bits per heavy atom. The summed E-state index contributed by atoms with van der Waals surface area (Å²) in [5, 5.41) is 24.2. The molecule has 8 nitrogen and oxygen atoms in total. The van der Waals surface area contributed by atoms with Crippen LogP contribution in [0.5, 0.6) is 0 Å². The molecule has 0 radical (unpaired) electrons. The maximum atomic E-state index is 12.5. The van der Waals surface area contributed by atoms with Crippen molar-refractivity contribution >= 4 is 11.6 Å². The molecule has 1 aliphatic heterocycles. The molecule has 0 fully saturated rings. The molecule has 0 bridgehead atoms. The topological polar surface area (TPSA) is 113 Å². The third kappa shape index (κ3) is 3.00. The average Bonchev–Trinajstić information content (AvgIpc) is 2.99. The van der Waals surface area contributed by atoms with Gasteiger partial charge in [0.2, 0.25) is 0 Å². The van der Waals surface area contributed by atoms with E-state index in [1.807, 2.05) is 0 Å². The van der Waals surface area contributed by atoms with Crippen molar-refractivity contribution in [3.63, 3.8) is 0 Å².